The van der Waals surface area contributed by atoms with Crippen LogP contribution in [-0.2, 0) is 20.8 Å². The van der Waals surface area contributed by atoms with Gasteiger partial charge in [-0.25, -0.2) is 4.39 Å². The van der Waals surface area contributed by atoms with Crippen LogP contribution >= 0.6 is 11.6 Å². The number of benzene rings is 2. The predicted octanol–water partition coefficient (Wildman–Crippen LogP) is 3.51. The molecule has 0 fully saturated rings. The third-order valence-electron chi connectivity index (χ3n) is 4.03. The van der Waals surface area contributed by atoms with E-state index in [2.05, 4.69) is 5.32 Å². The number of carboxylic acids is 2. The highest BCUT2D eigenvalue weighted by molar-refractivity contribution is 6.33. The van der Waals surface area contributed by atoms with Gasteiger partial charge >= 0.3 is 11.9 Å². The van der Waals surface area contributed by atoms with Crippen molar-refractivity contribution in [2.24, 2.45) is 0 Å². The number of halogens is 2. The molecule has 1 atom stereocenters. The molecular formula is C20H19ClFNO5. The van der Waals surface area contributed by atoms with Gasteiger partial charge < -0.3 is 15.5 Å². The lowest BCUT2D eigenvalue weighted by Crippen LogP contribution is -2.38. The van der Waals surface area contributed by atoms with Crippen molar-refractivity contribution in [1.29, 1.82) is 0 Å². The summed E-state index contributed by atoms with van der Waals surface area (Å²) in [6.07, 6.45) is -0.588. The lowest BCUT2D eigenvalue weighted by Gasteiger charge is -2.17. The number of hydrogen-bond donors (Lipinski definition) is 3. The Morgan fingerprint density at radius 3 is 2.29 bits per heavy atom. The van der Waals surface area contributed by atoms with Crippen LogP contribution in [-0.4, -0.2) is 34.1 Å². The van der Waals surface area contributed by atoms with E-state index in [-0.39, 0.29) is 25.7 Å². The first kappa shape index (κ1) is 21.4. The number of aliphatic carboxylic acids is 2. The minimum Gasteiger partial charge on any atom is -0.481 e. The fraction of sp³-hybridized carbons (Fsp3) is 0.250. The molecule has 0 aliphatic heterocycles. The Labute approximate surface area is 165 Å². The minimum atomic E-state index is -1.10. The molecule has 0 saturated heterocycles. The topological polar surface area (TPSA) is 104 Å². The maximum absolute atomic E-state index is 13.4. The highest BCUT2D eigenvalue weighted by atomic mass is 35.5. The Balaban J connectivity index is 2.09. The first-order chi connectivity index (χ1) is 13.2. The molecule has 0 heterocycles. The second-order valence-electron chi connectivity index (χ2n) is 6.28. The highest BCUT2D eigenvalue weighted by Gasteiger charge is 2.17. The summed E-state index contributed by atoms with van der Waals surface area (Å²) in [5.74, 6) is -3.10. The molecule has 148 valence electrons. The summed E-state index contributed by atoms with van der Waals surface area (Å²) in [5, 5.41) is 20.6. The number of hydrogen-bond acceptors (Lipinski definition) is 3. The summed E-state index contributed by atoms with van der Waals surface area (Å²) in [4.78, 5) is 33.4. The van der Waals surface area contributed by atoms with Crippen LogP contribution in [0.3, 0.4) is 0 Å². The number of nitrogens with one attached hydrogen (secondary N) is 1. The first-order valence-corrected chi connectivity index (χ1v) is 8.89. The summed E-state index contributed by atoms with van der Waals surface area (Å²) in [6, 6.07) is 10.3. The Morgan fingerprint density at radius 2 is 1.68 bits per heavy atom. The molecular weight excluding hydrogens is 389 g/mol. The molecule has 3 N–H and O–H groups in total. The zero-order valence-corrected chi connectivity index (χ0v) is 15.6. The van der Waals surface area contributed by atoms with E-state index in [1.165, 1.54) is 18.2 Å². The van der Waals surface area contributed by atoms with Crippen molar-refractivity contribution in [3.8, 4) is 11.1 Å². The van der Waals surface area contributed by atoms with E-state index in [1.54, 1.807) is 24.3 Å². The molecule has 0 spiro atoms. The minimum absolute atomic E-state index is 0.220. The molecule has 0 aliphatic carbocycles. The Bertz CT molecular complexity index is 869. The van der Waals surface area contributed by atoms with Gasteiger partial charge in [-0.3, -0.25) is 14.4 Å². The number of carboxylic acid groups (broad SMARTS) is 2. The van der Waals surface area contributed by atoms with Crippen molar-refractivity contribution >= 4 is 29.4 Å². The smallest absolute Gasteiger partial charge is 0.305 e. The standard InChI is InChI=1S/C20H19ClFNO5/c21-17-6-5-14(22)10-16(17)13-3-1-12(2-4-13)9-15(11-20(27)28)23-18(24)7-8-19(25)26/h1-6,10,15H,7-9,11H2,(H,23,24)(H,25,26)(H,27,28)/t15-/m1/s1. The van der Waals surface area contributed by atoms with Gasteiger partial charge in [-0.1, -0.05) is 35.9 Å². The van der Waals surface area contributed by atoms with Gasteiger partial charge in [0, 0.05) is 23.0 Å². The van der Waals surface area contributed by atoms with E-state index >= 15 is 0 Å². The maximum Gasteiger partial charge on any atom is 0.305 e. The van der Waals surface area contributed by atoms with Gasteiger partial charge in [0.15, 0.2) is 0 Å². The molecule has 1 amide bonds. The average molecular weight is 408 g/mol. The van der Waals surface area contributed by atoms with E-state index in [0.29, 0.717) is 16.1 Å². The van der Waals surface area contributed by atoms with Gasteiger partial charge in [-0.05, 0) is 35.7 Å². The summed E-state index contributed by atoms with van der Waals surface area (Å²) in [7, 11) is 0. The van der Waals surface area contributed by atoms with E-state index in [0.717, 1.165) is 5.56 Å². The molecule has 2 aromatic rings. The number of amides is 1. The van der Waals surface area contributed by atoms with Gasteiger partial charge in [-0.2, -0.15) is 0 Å². The van der Waals surface area contributed by atoms with Crippen molar-refractivity contribution in [2.45, 2.75) is 31.7 Å². The molecule has 28 heavy (non-hydrogen) atoms. The molecule has 0 aromatic heterocycles. The van der Waals surface area contributed by atoms with Gasteiger partial charge in [0.25, 0.3) is 0 Å². The molecule has 0 saturated carbocycles. The fourth-order valence-electron chi connectivity index (χ4n) is 2.73. The van der Waals surface area contributed by atoms with E-state index in [1.807, 2.05) is 0 Å². The normalized spacial score (nSPS) is 11.6. The SMILES string of the molecule is O=C(O)CCC(=O)N[C@@H](CC(=O)O)Cc1ccc(-c2cc(F)ccc2Cl)cc1. The molecule has 2 rings (SSSR count). The van der Waals surface area contributed by atoms with Crippen molar-refractivity contribution in [3.05, 3.63) is 58.9 Å². The van der Waals surface area contributed by atoms with E-state index < -0.39 is 29.7 Å². The third kappa shape index (κ3) is 6.66. The number of carbonyl (C=O) groups is 3. The fourth-order valence-corrected chi connectivity index (χ4v) is 2.96. The number of rotatable bonds is 9. The van der Waals surface area contributed by atoms with Crippen LogP contribution in [0, 0.1) is 5.82 Å². The largest absolute Gasteiger partial charge is 0.481 e. The van der Waals surface area contributed by atoms with Crippen molar-refractivity contribution in [3.63, 3.8) is 0 Å². The second kappa shape index (κ2) is 9.85. The number of carbonyl (C=O) groups excluding carboxylic acids is 1. The van der Waals surface area contributed by atoms with E-state index in [4.69, 9.17) is 21.8 Å². The van der Waals surface area contributed by atoms with Gasteiger partial charge in [0.2, 0.25) is 5.91 Å². The molecule has 8 heteroatoms. The zero-order chi connectivity index (χ0) is 20.7. The Morgan fingerprint density at radius 1 is 1.00 bits per heavy atom. The second-order valence-corrected chi connectivity index (χ2v) is 6.69. The van der Waals surface area contributed by atoms with Crippen LogP contribution in [0.25, 0.3) is 11.1 Å². The lowest BCUT2D eigenvalue weighted by atomic mass is 9.99. The Hall–Kier alpha value is -2.93. The first-order valence-electron chi connectivity index (χ1n) is 8.52. The van der Waals surface area contributed by atoms with Gasteiger partial charge in [0.05, 0.1) is 12.8 Å². The highest BCUT2D eigenvalue weighted by Crippen LogP contribution is 2.29. The maximum atomic E-state index is 13.4. The summed E-state index contributed by atoms with van der Waals surface area (Å²) < 4.78 is 13.4. The Kier molecular flexibility index (Phi) is 7.52. The zero-order valence-electron chi connectivity index (χ0n) is 14.8. The van der Waals surface area contributed by atoms with Crippen LogP contribution in [0.1, 0.15) is 24.8 Å². The quantitative estimate of drug-likeness (QED) is 0.590. The van der Waals surface area contributed by atoms with Crippen LogP contribution in [0.15, 0.2) is 42.5 Å². The van der Waals surface area contributed by atoms with Gasteiger partial charge in [0.1, 0.15) is 5.82 Å². The average Bonchev–Trinajstić information content (AvgIpc) is 2.62. The van der Waals surface area contributed by atoms with E-state index in [9.17, 15) is 18.8 Å². The molecule has 6 nitrogen and oxygen atoms in total. The molecule has 0 bridgehead atoms. The summed E-state index contributed by atoms with van der Waals surface area (Å²) in [6.45, 7) is 0. The van der Waals surface area contributed by atoms with Crippen LogP contribution in [0.5, 0.6) is 0 Å². The summed E-state index contributed by atoms with van der Waals surface area (Å²) >= 11 is 6.10. The molecule has 2 aromatic carbocycles. The molecule has 0 radical (unpaired) electrons. The van der Waals surface area contributed by atoms with Crippen LogP contribution in [0.4, 0.5) is 4.39 Å². The third-order valence-corrected chi connectivity index (χ3v) is 4.36. The predicted molar refractivity (Wildman–Crippen MR) is 102 cm³/mol. The monoisotopic (exact) mass is 407 g/mol. The van der Waals surface area contributed by atoms with Crippen LogP contribution < -0.4 is 5.32 Å². The summed E-state index contributed by atoms with van der Waals surface area (Å²) in [5.41, 5.74) is 2.01. The van der Waals surface area contributed by atoms with Crippen molar-refractivity contribution in [2.75, 3.05) is 0 Å². The van der Waals surface area contributed by atoms with Gasteiger partial charge in [-0.15, -0.1) is 0 Å². The van der Waals surface area contributed by atoms with Crippen LogP contribution in [0.2, 0.25) is 5.02 Å². The van der Waals surface area contributed by atoms with Crippen molar-refractivity contribution in [1.82, 2.24) is 5.32 Å². The van der Waals surface area contributed by atoms with Crippen molar-refractivity contribution < 1.29 is 29.0 Å². The lowest BCUT2D eigenvalue weighted by molar-refractivity contribution is -0.140. The molecule has 0 unspecified atom stereocenters. The molecule has 0 aliphatic rings.